The van der Waals surface area contributed by atoms with E-state index in [-0.39, 0.29) is 11.8 Å². The van der Waals surface area contributed by atoms with Crippen molar-refractivity contribution in [1.29, 1.82) is 0 Å². The summed E-state index contributed by atoms with van der Waals surface area (Å²) in [7, 11) is 0. The first-order valence-corrected chi connectivity index (χ1v) is 8.08. The molecule has 2 aromatic rings. The SMILES string of the molecule is O=C(NCC(O)c1ccc(-c2ccsc2)s1)C1CC1. The van der Waals surface area contributed by atoms with Crippen molar-refractivity contribution < 1.29 is 9.90 Å². The van der Waals surface area contributed by atoms with Crippen LogP contribution in [-0.2, 0) is 4.79 Å². The van der Waals surface area contributed by atoms with Crippen molar-refractivity contribution in [3.63, 3.8) is 0 Å². The summed E-state index contributed by atoms with van der Waals surface area (Å²) in [6, 6.07) is 6.03. The van der Waals surface area contributed by atoms with E-state index in [2.05, 4.69) is 16.8 Å². The molecular formula is C14H15NO2S2. The molecule has 0 bridgehead atoms. The molecule has 2 N–H and O–H groups in total. The molecule has 1 atom stereocenters. The molecule has 1 unspecified atom stereocenters. The van der Waals surface area contributed by atoms with Crippen LogP contribution in [0.4, 0.5) is 0 Å². The minimum absolute atomic E-state index is 0.0775. The van der Waals surface area contributed by atoms with Gasteiger partial charge in [-0.25, -0.2) is 0 Å². The molecule has 3 nitrogen and oxygen atoms in total. The van der Waals surface area contributed by atoms with E-state index in [4.69, 9.17) is 0 Å². The molecule has 19 heavy (non-hydrogen) atoms. The molecule has 2 heterocycles. The number of amides is 1. The van der Waals surface area contributed by atoms with Crippen LogP contribution in [0.15, 0.2) is 29.0 Å². The monoisotopic (exact) mass is 293 g/mol. The van der Waals surface area contributed by atoms with Gasteiger partial charge in [-0.3, -0.25) is 4.79 Å². The highest BCUT2D eigenvalue weighted by Gasteiger charge is 2.29. The molecule has 1 fully saturated rings. The Bertz CT molecular complexity index is 558. The molecule has 0 spiro atoms. The normalized spacial score (nSPS) is 16.3. The zero-order valence-electron chi connectivity index (χ0n) is 10.3. The maximum Gasteiger partial charge on any atom is 0.223 e. The second-order valence-corrected chi connectivity index (χ2v) is 6.64. The molecule has 2 aromatic heterocycles. The van der Waals surface area contributed by atoms with Crippen LogP contribution in [0.3, 0.4) is 0 Å². The first-order valence-electron chi connectivity index (χ1n) is 6.32. The third kappa shape index (κ3) is 3.05. The average molecular weight is 293 g/mol. The summed E-state index contributed by atoms with van der Waals surface area (Å²) < 4.78 is 0. The standard InChI is InChI=1S/C14H15NO2S2/c16-11(7-15-14(17)9-1-2-9)13-4-3-12(19-13)10-5-6-18-8-10/h3-6,8-9,11,16H,1-2,7H2,(H,15,17). The smallest absolute Gasteiger partial charge is 0.223 e. The van der Waals surface area contributed by atoms with E-state index in [9.17, 15) is 9.90 Å². The Kier molecular flexibility index (Phi) is 3.68. The van der Waals surface area contributed by atoms with Gasteiger partial charge in [-0.2, -0.15) is 11.3 Å². The average Bonchev–Trinajstić information content (AvgIpc) is 2.94. The third-order valence-corrected chi connectivity index (χ3v) is 5.10. The van der Waals surface area contributed by atoms with Crippen molar-refractivity contribution >= 4 is 28.6 Å². The second kappa shape index (κ2) is 5.45. The van der Waals surface area contributed by atoms with Gasteiger partial charge < -0.3 is 10.4 Å². The summed E-state index contributed by atoms with van der Waals surface area (Å²) in [5, 5.41) is 17.0. The Morgan fingerprint density at radius 3 is 2.95 bits per heavy atom. The van der Waals surface area contributed by atoms with Crippen molar-refractivity contribution in [2.45, 2.75) is 18.9 Å². The fourth-order valence-corrected chi connectivity index (χ4v) is 3.60. The maximum atomic E-state index is 11.5. The molecule has 0 radical (unpaired) electrons. The highest BCUT2D eigenvalue weighted by atomic mass is 32.1. The number of nitrogens with one attached hydrogen (secondary N) is 1. The first kappa shape index (κ1) is 12.8. The van der Waals surface area contributed by atoms with Crippen LogP contribution >= 0.6 is 22.7 Å². The Labute approximate surface area is 119 Å². The van der Waals surface area contributed by atoms with E-state index in [0.29, 0.717) is 6.54 Å². The van der Waals surface area contributed by atoms with Crippen molar-refractivity contribution in [2.24, 2.45) is 5.92 Å². The van der Waals surface area contributed by atoms with Gasteiger partial charge in [-0.1, -0.05) is 0 Å². The Hall–Kier alpha value is -1.17. The number of thiophene rings is 2. The van der Waals surface area contributed by atoms with E-state index in [0.717, 1.165) is 22.6 Å². The predicted octanol–water partition coefficient (Wildman–Crippen LogP) is 3.04. The highest BCUT2D eigenvalue weighted by molar-refractivity contribution is 7.16. The molecule has 100 valence electrons. The van der Waals surface area contributed by atoms with Crippen LogP contribution in [0.25, 0.3) is 10.4 Å². The summed E-state index contributed by atoms with van der Waals surface area (Å²) in [6.07, 6.45) is 1.37. The van der Waals surface area contributed by atoms with E-state index >= 15 is 0 Å². The zero-order chi connectivity index (χ0) is 13.2. The predicted molar refractivity (Wildman–Crippen MR) is 78.3 cm³/mol. The van der Waals surface area contributed by atoms with Gasteiger partial charge in [0.25, 0.3) is 0 Å². The van der Waals surface area contributed by atoms with Crippen molar-refractivity contribution in [2.75, 3.05) is 6.54 Å². The van der Waals surface area contributed by atoms with Gasteiger partial charge in [0, 0.05) is 27.8 Å². The van der Waals surface area contributed by atoms with Gasteiger partial charge in [-0.05, 0) is 41.8 Å². The van der Waals surface area contributed by atoms with Crippen molar-refractivity contribution in [3.05, 3.63) is 33.8 Å². The quantitative estimate of drug-likeness (QED) is 0.890. The van der Waals surface area contributed by atoms with Gasteiger partial charge in [0.2, 0.25) is 5.91 Å². The van der Waals surface area contributed by atoms with Crippen LogP contribution in [0.2, 0.25) is 0 Å². The fraction of sp³-hybridized carbons (Fsp3) is 0.357. The largest absolute Gasteiger partial charge is 0.386 e. The lowest BCUT2D eigenvalue weighted by Gasteiger charge is -2.09. The summed E-state index contributed by atoms with van der Waals surface area (Å²) in [5.41, 5.74) is 1.19. The lowest BCUT2D eigenvalue weighted by Crippen LogP contribution is -2.29. The molecule has 5 heteroatoms. The Morgan fingerprint density at radius 1 is 1.42 bits per heavy atom. The second-order valence-electron chi connectivity index (χ2n) is 4.75. The van der Waals surface area contributed by atoms with Crippen molar-refractivity contribution in [3.8, 4) is 10.4 Å². The van der Waals surface area contributed by atoms with Gasteiger partial charge in [0.1, 0.15) is 6.10 Å². The molecule has 0 saturated heterocycles. The molecule has 0 aromatic carbocycles. The van der Waals surface area contributed by atoms with Gasteiger partial charge >= 0.3 is 0 Å². The van der Waals surface area contributed by atoms with E-state index in [1.807, 2.05) is 17.5 Å². The van der Waals surface area contributed by atoms with Gasteiger partial charge in [0.15, 0.2) is 0 Å². The minimum Gasteiger partial charge on any atom is -0.386 e. The van der Waals surface area contributed by atoms with Gasteiger partial charge in [0.05, 0.1) is 0 Å². The first-order chi connectivity index (χ1) is 9.24. The molecule has 3 rings (SSSR count). The molecular weight excluding hydrogens is 278 g/mol. The number of rotatable bonds is 5. The summed E-state index contributed by atoms with van der Waals surface area (Å²) >= 11 is 3.24. The van der Waals surface area contributed by atoms with E-state index in [1.54, 1.807) is 22.7 Å². The van der Waals surface area contributed by atoms with Crippen LogP contribution in [0.1, 0.15) is 23.8 Å². The maximum absolute atomic E-state index is 11.5. The minimum atomic E-state index is -0.611. The topological polar surface area (TPSA) is 49.3 Å². The zero-order valence-corrected chi connectivity index (χ0v) is 12.0. The van der Waals surface area contributed by atoms with E-state index in [1.165, 1.54) is 5.56 Å². The molecule has 0 aliphatic heterocycles. The Morgan fingerprint density at radius 2 is 2.26 bits per heavy atom. The third-order valence-electron chi connectivity index (χ3n) is 3.18. The van der Waals surface area contributed by atoms with Crippen molar-refractivity contribution in [1.82, 2.24) is 5.32 Å². The summed E-state index contributed by atoms with van der Waals surface area (Å²) in [6.45, 7) is 0.304. The molecule has 1 aliphatic rings. The number of aliphatic hydroxyl groups excluding tert-OH is 1. The number of hydrogen-bond acceptors (Lipinski definition) is 4. The summed E-state index contributed by atoms with van der Waals surface area (Å²) in [5.74, 6) is 0.269. The van der Waals surface area contributed by atoms with Gasteiger partial charge in [-0.15, -0.1) is 11.3 Å². The number of carbonyl (C=O) groups excluding carboxylic acids is 1. The van der Waals surface area contributed by atoms with E-state index < -0.39 is 6.10 Å². The number of hydrogen-bond donors (Lipinski definition) is 2. The molecule has 1 saturated carbocycles. The number of aliphatic hydroxyl groups is 1. The van der Waals surface area contributed by atoms with Crippen LogP contribution in [-0.4, -0.2) is 17.6 Å². The van der Waals surface area contributed by atoms with Crippen LogP contribution < -0.4 is 5.32 Å². The number of carbonyl (C=O) groups is 1. The fourth-order valence-electron chi connectivity index (χ4n) is 1.88. The summed E-state index contributed by atoms with van der Waals surface area (Å²) in [4.78, 5) is 13.6. The van der Waals surface area contributed by atoms with Crippen LogP contribution in [0.5, 0.6) is 0 Å². The van der Waals surface area contributed by atoms with Crippen LogP contribution in [0, 0.1) is 5.92 Å². The lowest BCUT2D eigenvalue weighted by molar-refractivity contribution is -0.122. The molecule has 1 amide bonds. The lowest BCUT2D eigenvalue weighted by atomic mass is 10.2. The molecule has 1 aliphatic carbocycles. The Balaban J connectivity index is 1.60. The highest BCUT2D eigenvalue weighted by Crippen LogP contribution is 2.33.